The molecule has 0 bridgehead atoms. The van der Waals surface area contributed by atoms with Crippen molar-refractivity contribution in [3.63, 3.8) is 0 Å². The minimum atomic E-state index is 0. The van der Waals surface area contributed by atoms with E-state index in [0.717, 1.165) is 0 Å². The van der Waals surface area contributed by atoms with E-state index in [-0.39, 0.29) is 102 Å². The van der Waals surface area contributed by atoms with Crippen LogP contribution in [0.25, 0.3) is 0 Å². The van der Waals surface area contributed by atoms with Crippen LogP contribution >= 0.6 is 0 Å². The first-order valence-corrected chi connectivity index (χ1v) is 0. The van der Waals surface area contributed by atoms with Crippen LogP contribution in [0.2, 0.25) is 0 Å². The van der Waals surface area contributed by atoms with Gasteiger partial charge >= 0.3 is 88.7 Å². The topological polar surface area (TPSA) is 0 Å². The molecule has 0 amide bonds. The van der Waals surface area contributed by atoms with Gasteiger partial charge in [-0.1, -0.05) is 0 Å². The zero-order valence-corrected chi connectivity index (χ0v) is 9.82. The van der Waals surface area contributed by atoms with E-state index in [1.165, 1.54) is 0 Å². The second-order valence-corrected chi connectivity index (χ2v) is 0. The number of hydrogen-bond donors (Lipinski definition) is 0. The van der Waals surface area contributed by atoms with Gasteiger partial charge in [-0.15, -0.1) is 0 Å². The summed E-state index contributed by atoms with van der Waals surface area (Å²) < 4.78 is 0. The third-order valence-corrected chi connectivity index (χ3v) is 0. The van der Waals surface area contributed by atoms with Crippen LogP contribution < -0.4 is 88.7 Å². The first-order chi connectivity index (χ1) is 0. The number of rotatable bonds is 0. The van der Waals surface area contributed by atoms with Crippen molar-refractivity contribution in [3.8, 4) is 0 Å². The molecular formula is H5F2Na3. The molecule has 0 radical (unpaired) electrons. The van der Waals surface area contributed by atoms with Crippen LogP contribution in [0.4, 0.5) is 9.41 Å². The average molecular weight is 112 g/mol. The van der Waals surface area contributed by atoms with Crippen LogP contribution in [0.5, 0.6) is 0 Å². The second kappa shape index (κ2) is 28.8. The largest absolute Gasteiger partial charge is 1.00 e. The Kier molecular flexibility index (Phi) is 260. The van der Waals surface area contributed by atoms with Gasteiger partial charge in [0, 0.05) is 0 Å². The molecule has 0 fully saturated rings. The van der Waals surface area contributed by atoms with Crippen LogP contribution in [-0.4, -0.2) is 0 Å². The normalized spacial score (nSPS) is 0. The Balaban J connectivity index is 0. The maximum Gasteiger partial charge on any atom is 1.00 e. The van der Waals surface area contributed by atoms with Gasteiger partial charge in [-0.3, -0.25) is 9.41 Å². The van der Waals surface area contributed by atoms with Gasteiger partial charge < -0.3 is 4.28 Å². The van der Waals surface area contributed by atoms with Crippen LogP contribution in [0.3, 0.4) is 0 Å². The van der Waals surface area contributed by atoms with Crippen molar-refractivity contribution in [2.24, 2.45) is 0 Å². The summed E-state index contributed by atoms with van der Waals surface area (Å²) in [5.74, 6) is 0. The van der Waals surface area contributed by atoms with E-state index in [1.54, 1.807) is 0 Å². The third kappa shape index (κ3) is 19.8. The van der Waals surface area contributed by atoms with Crippen molar-refractivity contribution in [3.05, 3.63) is 0 Å². The molecule has 0 saturated carbocycles. The van der Waals surface area contributed by atoms with Crippen LogP contribution in [0, 0.1) is 0 Å². The molecule has 0 rings (SSSR count). The van der Waals surface area contributed by atoms with Crippen molar-refractivity contribution < 1.29 is 102 Å². The molecule has 5 heteroatoms. The quantitative estimate of drug-likeness (QED) is 0.273. The molecule has 0 atom stereocenters. The van der Waals surface area contributed by atoms with Gasteiger partial charge in [0.2, 0.25) is 0 Å². The van der Waals surface area contributed by atoms with Crippen molar-refractivity contribution in [1.29, 1.82) is 0 Å². The maximum absolute atomic E-state index is 0. The van der Waals surface area contributed by atoms with E-state index in [0.29, 0.717) is 0 Å². The van der Waals surface area contributed by atoms with E-state index in [4.69, 9.17) is 0 Å². The summed E-state index contributed by atoms with van der Waals surface area (Å²) in [4.78, 5) is 0. The third-order valence-electron chi connectivity index (χ3n) is 0. The average Bonchev–Trinajstić information content (AvgIpc) is 0. The molecule has 22 valence electrons. The molecule has 0 aromatic rings. The van der Waals surface area contributed by atoms with Crippen molar-refractivity contribution in [2.75, 3.05) is 0 Å². The molecule has 0 unspecified atom stereocenters. The van der Waals surface area contributed by atoms with Gasteiger partial charge in [0.15, 0.2) is 0 Å². The molecule has 0 aromatic heterocycles. The Morgan fingerprint density at radius 2 is 0.600 bits per heavy atom. The van der Waals surface area contributed by atoms with E-state index < -0.39 is 0 Å². The second-order valence-electron chi connectivity index (χ2n) is 0. The number of halogens is 2. The van der Waals surface area contributed by atoms with Crippen molar-refractivity contribution >= 4 is 0 Å². The summed E-state index contributed by atoms with van der Waals surface area (Å²) in [6.07, 6.45) is 0. The van der Waals surface area contributed by atoms with Gasteiger partial charge in [-0.2, -0.15) is 0 Å². The van der Waals surface area contributed by atoms with Crippen molar-refractivity contribution in [1.82, 2.24) is 0 Å². The molecule has 0 N–H and O–H groups in total. The zero-order chi connectivity index (χ0) is 0. The molecule has 0 aliphatic heterocycles. The monoisotopic (exact) mass is 112 g/mol. The van der Waals surface area contributed by atoms with Crippen LogP contribution in [0.1, 0.15) is 4.28 Å². The van der Waals surface area contributed by atoms with Crippen molar-refractivity contribution in [2.45, 2.75) is 0 Å². The Bertz CT molecular complexity index is 12.5. The summed E-state index contributed by atoms with van der Waals surface area (Å²) in [7, 11) is 0. The fourth-order valence-electron chi connectivity index (χ4n) is 0. The molecule has 0 aliphatic carbocycles. The van der Waals surface area contributed by atoms with Gasteiger partial charge in [-0.05, 0) is 0 Å². The first-order valence-electron chi connectivity index (χ1n) is 0. The fourth-order valence-corrected chi connectivity index (χ4v) is 0. The van der Waals surface area contributed by atoms with Gasteiger partial charge in [-0.25, -0.2) is 0 Å². The molecule has 0 aromatic carbocycles. The number of hydrogen-bond acceptors (Lipinski definition) is 0. The Morgan fingerprint density at radius 3 is 0.600 bits per heavy atom. The zero-order valence-electron chi connectivity index (χ0n) is 6.82. The minimum Gasteiger partial charge on any atom is -1.00 e. The summed E-state index contributed by atoms with van der Waals surface area (Å²) in [6, 6.07) is 0. The summed E-state index contributed by atoms with van der Waals surface area (Å²) in [5.41, 5.74) is 0. The Hall–Kier alpha value is 2.86. The smallest absolute Gasteiger partial charge is 1.00 e. The summed E-state index contributed by atoms with van der Waals surface area (Å²) in [5, 5.41) is 0. The fraction of sp³-hybridized carbons (Fsp3) is 0. The summed E-state index contributed by atoms with van der Waals surface area (Å²) >= 11 is 0. The first kappa shape index (κ1) is 45.2. The molecular weight excluding hydrogens is 107 g/mol. The molecule has 5 heavy (non-hydrogen) atoms. The van der Waals surface area contributed by atoms with Crippen LogP contribution in [-0.2, 0) is 0 Å². The van der Waals surface area contributed by atoms with E-state index in [2.05, 4.69) is 0 Å². The predicted octanol–water partition coefficient (Wildman–Crippen LogP) is -8.35. The van der Waals surface area contributed by atoms with E-state index in [1.807, 2.05) is 0 Å². The molecule has 0 spiro atoms. The molecule has 0 aliphatic rings. The predicted molar refractivity (Wildman–Crippen MR) is 8.34 cm³/mol. The molecule has 0 heterocycles. The standard InChI is InChI=1S/2FH.3Na.3H/h2*1H;;;;;;/q;;3*+1;3*-1. The van der Waals surface area contributed by atoms with Gasteiger partial charge in [0.1, 0.15) is 0 Å². The Labute approximate surface area is 101 Å². The summed E-state index contributed by atoms with van der Waals surface area (Å²) in [6.45, 7) is 0. The van der Waals surface area contributed by atoms with Gasteiger partial charge in [0.05, 0.1) is 0 Å². The van der Waals surface area contributed by atoms with Crippen LogP contribution in [0.15, 0.2) is 0 Å². The SMILES string of the molecule is F.F.[H-].[H-].[H-].[Na+].[Na+].[Na+]. The van der Waals surface area contributed by atoms with E-state index in [9.17, 15) is 0 Å². The maximum atomic E-state index is 0. The molecule has 0 saturated heterocycles. The molecule has 0 nitrogen and oxygen atoms in total. The van der Waals surface area contributed by atoms with E-state index >= 15 is 0 Å². The minimum absolute atomic E-state index is 0. The van der Waals surface area contributed by atoms with Gasteiger partial charge in [0.25, 0.3) is 0 Å². The Morgan fingerprint density at radius 1 is 0.600 bits per heavy atom.